The van der Waals surface area contributed by atoms with Gasteiger partial charge >= 0.3 is 0 Å². The molecule has 1 heterocycles. The van der Waals surface area contributed by atoms with Crippen LogP contribution in [0.4, 0.5) is 0 Å². The van der Waals surface area contributed by atoms with Gasteiger partial charge in [0.15, 0.2) is 0 Å². The molecule has 0 radical (unpaired) electrons. The van der Waals surface area contributed by atoms with E-state index in [0.717, 1.165) is 31.4 Å². The van der Waals surface area contributed by atoms with Gasteiger partial charge in [0.2, 0.25) is 0 Å². The molecule has 0 aromatic rings. The van der Waals surface area contributed by atoms with Crippen molar-refractivity contribution in [1.82, 2.24) is 5.32 Å². The molecule has 1 aliphatic heterocycles. The molecule has 0 aromatic carbocycles. The van der Waals surface area contributed by atoms with E-state index in [-0.39, 0.29) is 0 Å². The van der Waals surface area contributed by atoms with E-state index in [1.54, 1.807) is 0 Å². The van der Waals surface area contributed by atoms with E-state index < -0.39 is 0 Å². The monoisotopic (exact) mass is 237 g/mol. The van der Waals surface area contributed by atoms with Crippen molar-refractivity contribution >= 4 is 0 Å². The van der Waals surface area contributed by atoms with E-state index in [0.29, 0.717) is 6.04 Å². The molecule has 2 rings (SSSR count). The van der Waals surface area contributed by atoms with Gasteiger partial charge in [-0.15, -0.1) is 0 Å². The van der Waals surface area contributed by atoms with Gasteiger partial charge in [-0.1, -0.05) is 33.1 Å². The lowest BCUT2D eigenvalue weighted by Crippen LogP contribution is -2.39. The smallest absolute Gasteiger partial charge is 0.109 e. The first-order valence-electron chi connectivity index (χ1n) is 7.41. The maximum Gasteiger partial charge on any atom is 0.109 e. The van der Waals surface area contributed by atoms with Crippen LogP contribution in [0.3, 0.4) is 0 Å². The van der Waals surface area contributed by atoms with Crippen molar-refractivity contribution in [3.63, 3.8) is 0 Å². The van der Waals surface area contributed by atoms with Gasteiger partial charge in [-0.05, 0) is 37.3 Å². The topological polar surface area (TPSA) is 21.3 Å². The largest absolute Gasteiger partial charge is 0.496 e. The predicted molar refractivity (Wildman–Crippen MR) is 71.9 cm³/mol. The van der Waals surface area contributed by atoms with Crippen LogP contribution in [-0.2, 0) is 4.74 Å². The van der Waals surface area contributed by atoms with Crippen LogP contribution in [0.2, 0.25) is 0 Å². The summed E-state index contributed by atoms with van der Waals surface area (Å²) in [4.78, 5) is 0. The Kier molecular flexibility index (Phi) is 4.90. The minimum atomic E-state index is 0.486. The lowest BCUT2D eigenvalue weighted by Gasteiger charge is -2.34. The highest BCUT2D eigenvalue weighted by atomic mass is 16.5. The average Bonchev–Trinajstić information content (AvgIpc) is 2.90. The highest BCUT2D eigenvalue weighted by molar-refractivity contribution is 5.09. The van der Waals surface area contributed by atoms with Crippen molar-refractivity contribution in [2.75, 3.05) is 13.2 Å². The van der Waals surface area contributed by atoms with Crippen molar-refractivity contribution in [3.05, 3.63) is 11.8 Å². The first kappa shape index (κ1) is 12.9. The van der Waals surface area contributed by atoms with Gasteiger partial charge in [0.1, 0.15) is 5.76 Å². The summed E-state index contributed by atoms with van der Waals surface area (Å²) in [6.07, 6.45) is 10.3. The molecule has 0 bridgehead atoms. The summed E-state index contributed by atoms with van der Waals surface area (Å²) in [6, 6.07) is 0.486. The number of ether oxygens (including phenoxy) is 1. The highest BCUT2D eigenvalue weighted by Crippen LogP contribution is 2.35. The zero-order valence-corrected chi connectivity index (χ0v) is 11.4. The SMILES string of the molecule is CCNC(C1=CCCO1)C1CCC(CC)CC1. The van der Waals surface area contributed by atoms with E-state index in [1.807, 2.05) is 0 Å². The molecule has 98 valence electrons. The van der Waals surface area contributed by atoms with Crippen LogP contribution in [0.25, 0.3) is 0 Å². The van der Waals surface area contributed by atoms with Crippen molar-refractivity contribution < 1.29 is 4.74 Å². The van der Waals surface area contributed by atoms with Gasteiger partial charge in [-0.25, -0.2) is 0 Å². The van der Waals surface area contributed by atoms with E-state index in [2.05, 4.69) is 25.2 Å². The molecule has 0 saturated heterocycles. The second-order valence-electron chi connectivity index (χ2n) is 5.47. The first-order valence-corrected chi connectivity index (χ1v) is 7.41. The van der Waals surface area contributed by atoms with E-state index in [4.69, 9.17) is 4.74 Å². The number of rotatable bonds is 5. The fourth-order valence-electron chi connectivity index (χ4n) is 3.30. The van der Waals surface area contributed by atoms with Crippen LogP contribution in [0.5, 0.6) is 0 Å². The molecule has 1 aliphatic carbocycles. The second kappa shape index (κ2) is 6.44. The maximum atomic E-state index is 5.77. The highest BCUT2D eigenvalue weighted by Gasteiger charge is 2.30. The van der Waals surface area contributed by atoms with Crippen molar-refractivity contribution in [3.8, 4) is 0 Å². The lowest BCUT2D eigenvalue weighted by molar-refractivity contribution is 0.163. The van der Waals surface area contributed by atoms with Crippen LogP contribution in [0.1, 0.15) is 52.4 Å². The Labute approximate surface area is 106 Å². The van der Waals surface area contributed by atoms with Gasteiger partial charge in [-0.3, -0.25) is 0 Å². The van der Waals surface area contributed by atoms with E-state index in [9.17, 15) is 0 Å². The number of nitrogens with one attached hydrogen (secondary N) is 1. The zero-order valence-electron chi connectivity index (χ0n) is 11.4. The molecule has 0 aromatic heterocycles. The van der Waals surface area contributed by atoms with Crippen LogP contribution < -0.4 is 5.32 Å². The summed E-state index contributed by atoms with van der Waals surface area (Å²) >= 11 is 0. The molecule has 1 N–H and O–H groups in total. The Morgan fingerprint density at radius 3 is 2.59 bits per heavy atom. The molecule has 2 aliphatic rings. The van der Waals surface area contributed by atoms with Crippen LogP contribution in [-0.4, -0.2) is 19.2 Å². The molecule has 17 heavy (non-hydrogen) atoms. The van der Waals surface area contributed by atoms with Gasteiger partial charge in [0.25, 0.3) is 0 Å². The summed E-state index contributed by atoms with van der Waals surface area (Å²) in [6.45, 7) is 6.45. The summed E-state index contributed by atoms with van der Waals surface area (Å²) in [5, 5.41) is 3.63. The molecule has 0 amide bonds. The van der Waals surface area contributed by atoms with Crippen molar-refractivity contribution in [2.24, 2.45) is 11.8 Å². The Morgan fingerprint density at radius 2 is 2.06 bits per heavy atom. The minimum absolute atomic E-state index is 0.486. The average molecular weight is 237 g/mol. The molecule has 2 heteroatoms. The second-order valence-corrected chi connectivity index (χ2v) is 5.47. The van der Waals surface area contributed by atoms with Crippen LogP contribution in [0.15, 0.2) is 11.8 Å². The fraction of sp³-hybridized carbons (Fsp3) is 0.867. The Bertz CT molecular complexity index is 254. The third kappa shape index (κ3) is 3.25. The fourth-order valence-corrected chi connectivity index (χ4v) is 3.30. The number of hydrogen-bond acceptors (Lipinski definition) is 2. The number of likely N-dealkylation sites (N-methyl/N-ethyl adjacent to an activating group) is 1. The first-order chi connectivity index (χ1) is 8.35. The lowest BCUT2D eigenvalue weighted by atomic mass is 9.77. The third-order valence-electron chi connectivity index (χ3n) is 4.40. The number of hydrogen-bond donors (Lipinski definition) is 1. The van der Waals surface area contributed by atoms with E-state index in [1.165, 1.54) is 37.9 Å². The molecular formula is C15H27NO. The Hall–Kier alpha value is -0.500. The Morgan fingerprint density at radius 1 is 1.29 bits per heavy atom. The maximum absolute atomic E-state index is 5.77. The van der Waals surface area contributed by atoms with Crippen LogP contribution >= 0.6 is 0 Å². The van der Waals surface area contributed by atoms with Gasteiger partial charge in [0.05, 0.1) is 12.6 Å². The van der Waals surface area contributed by atoms with Crippen molar-refractivity contribution in [2.45, 2.75) is 58.4 Å². The standard InChI is InChI=1S/C15H27NO/c1-3-12-7-9-13(10-8-12)15(16-4-2)14-6-5-11-17-14/h6,12-13,15-16H,3-5,7-11H2,1-2H3. The van der Waals surface area contributed by atoms with E-state index >= 15 is 0 Å². The summed E-state index contributed by atoms with van der Waals surface area (Å²) in [5.74, 6) is 3.00. The molecule has 1 unspecified atom stereocenters. The normalized spacial score (nSPS) is 30.8. The van der Waals surface area contributed by atoms with Gasteiger partial charge < -0.3 is 10.1 Å². The molecule has 1 fully saturated rings. The molecule has 2 nitrogen and oxygen atoms in total. The molecule has 0 spiro atoms. The minimum Gasteiger partial charge on any atom is -0.496 e. The summed E-state index contributed by atoms with van der Waals surface area (Å²) in [7, 11) is 0. The predicted octanol–water partition coefficient (Wildman–Crippen LogP) is 3.49. The third-order valence-corrected chi connectivity index (χ3v) is 4.40. The molecule has 1 saturated carbocycles. The van der Waals surface area contributed by atoms with Crippen molar-refractivity contribution in [1.29, 1.82) is 0 Å². The zero-order chi connectivity index (χ0) is 12.1. The quantitative estimate of drug-likeness (QED) is 0.790. The van der Waals surface area contributed by atoms with Crippen LogP contribution in [0, 0.1) is 11.8 Å². The molecular weight excluding hydrogens is 210 g/mol. The molecule has 1 atom stereocenters. The van der Waals surface area contributed by atoms with Gasteiger partial charge in [-0.2, -0.15) is 0 Å². The summed E-state index contributed by atoms with van der Waals surface area (Å²) < 4.78 is 5.77. The Balaban J connectivity index is 1.92. The van der Waals surface area contributed by atoms with Gasteiger partial charge in [0, 0.05) is 6.42 Å². The summed E-state index contributed by atoms with van der Waals surface area (Å²) in [5.41, 5.74) is 0.